The van der Waals surface area contributed by atoms with Gasteiger partial charge in [0.15, 0.2) is 0 Å². The summed E-state index contributed by atoms with van der Waals surface area (Å²) in [5, 5.41) is 4.03. The van der Waals surface area contributed by atoms with Gasteiger partial charge in [-0.25, -0.2) is 4.39 Å². The second-order valence-corrected chi connectivity index (χ2v) is 9.84. The molecule has 0 aromatic heterocycles. The molecule has 0 unspecified atom stereocenters. The summed E-state index contributed by atoms with van der Waals surface area (Å²) in [5.74, 6) is -0.346. The Morgan fingerprint density at radius 2 is 1.84 bits per heavy atom. The summed E-state index contributed by atoms with van der Waals surface area (Å²) in [7, 11) is 0. The number of hydrogen-bond donors (Lipinski definition) is 1. The van der Waals surface area contributed by atoms with E-state index < -0.39 is 6.04 Å². The van der Waals surface area contributed by atoms with Crippen LogP contribution in [0.1, 0.15) is 43.7 Å². The number of amides is 2. The van der Waals surface area contributed by atoms with Crippen LogP contribution < -0.4 is 5.32 Å². The van der Waals surface area contributed by atoms with Gasteiger partial charge in [0.1, 0.15) is 11.9 Å². The fraction of sp³-hybridized carbons (Fsp3) is 0.417. The number of carbonyl (C=O) groups is 2. The number of nitrogens with one attached hydrogen (secondary N) is 1. The molecule has 1 aliphatic carbocycles. The predicted octanol–water partition coefficient (Wildman–Crippen LogP) is 5.84. The molecule has 0 bridgehead atoms. The van der Waals surface area contributed by atoms with Gasteiger partial charge in [0.05, 0.1) is 5.75 Å². The Morgan fingerprint density at radius 3 is 2.50 bits per heavy atom. The Labute approximate surface area is 202 Å². The lowest BCUT2D eigenvalue weighted by molar-refractivity contribution is -0.138. The van der Waals surface area contributed by atoms with Gasteiger partial charge in [-0.05, 0) is 49.6 Å². The van der Waals surface area contributed by atoms with Gasteiger partial charge in [0.2, 0.25) is 11.8 Å². The highest BCUT2D eigenvalue weighted by Gasteiger charge is 2.28. The van der Waals surface area contributed by atoms with Crippen LogP contribution in [0.2, 0.25) is 10.0 Å². The lowest BCUT2D eigenvalue weighted by Crippen LogP contribution is -2.50. The maximum Gasteiger partial charge on any atom is 0.242 e. The number of carbonyl (C=O) groups excluding carboxylic acids is 2. The average molecular weight is 497 g/mol. The summed E-state index contributed by atoms with van der Waals surface area (Å²) in [6.45, 7) is 2.03. The SMILES string of the molecule is C[C@H](C(=O)NC1CCCC1)N(Cc1ccc(Cl)cc1)C(=O)CSCc1c(F)cccc1Cl. The van der Waals surface area contributed by atoms with E-state index in [9.17, 15) is 14.0 Å². The molecule has 0 heterocycles. The lowest BCUT2D eigenvalue weighted by Gasteiger charge is -2.29. The van der Waals surface area contributed by atoms with Crippen LogP contribution >= 0.6 is 35.0 Å². The van der Waals surface area contributed by atoms with Crippen LogP contribution in [0.5, 0.6) is 0 Å². The molecule has 0 spiro atoms. The number of rotatable bonds is 9. The van der Waals surface area contributed by atoms with Crippen molar-refractivity contribution in [3.63, 3.8) is 0 Å². The van der Waals surface area contributed by atoms with Crippen molar-refractivity contribution in [2.75, 3.05) is 5.75 Å². The van der Waals surface area contributed by atoms with E-state index in [0.29, 0.717) is 15.6 Å². The number of halogens is 3. The smallest absolute Gasteiger partial charge is 0.242 e. The summed E-state index contributed by atoms with van der Waals surface area (Å²) in [5.41, 5.74) is 1.26. The van der Waals surface area contributed by atoms with Crippen molar-refractivity contribution in [1.82, 2.24) is 10.2 Å². The molecular formula is C24H27Cl2FN2O2S. The molecule has 0 radical (unpaired) electrons. The summed E-state index contributed by atoms with van der Waals surface area (Å²) in [4.78, 5) is 27.6. The van der Waals surface area contributed by atoms with Crippen LogP contribution in [-0.4, -0.2) is 34.6 Å². The van der Waals surface area contributed by atoms with Crippen LogP contribution in [0.3, 0.4) is 0 Å². The second-order valence-electron chi connectivity index (χ2n) is 8.01. The van der Waals surface area contributed by atoms with Crippen molar-refractivity contribution in [3.05, 3.63) is 69.5 Å². The molecule has 172 valence electrons. The van der Waals surface area contributed by atoms with E-state index in [1.165, 1.54) is 17.8 Å². The molecule has 2 amide bonds. The molecule has 1 fully saturated rings. The molecule has 4 nitrogen and oxygen atoms in total. The number of hydrogen-bond acceptors (Lipinski definition) is 3. The summed E-state index contributed by atoms with van der Waals surface area (Å²) in [6, 6.07) is 11.3. The lowest BCUT2D eigenvalue weighted by atomic mass is 10.1. The summed E-state index contributed by atoms with van der Waals surface area (Å²) in [6.07, 6.45) is 4.18. The van der Waals surface area contributed by atoms with Crippen LogP contribution in [0.15, 0.2) is 42.5 Å². The highest BCUT2D eigenvalue weighted by atomic mass is 35.5. The van der Waals surface area contributed by atoms with Crippen molar-refractivity contribution >= 4 is 46.8 Å². The Bertz CT molecular complexity index is 916. The van der Waals surface area contributed by atoms with Gasteiger partial charge in [0, 0.05) is 33.9 Å². The van der Waals surface area contributed by atoms with E-state index in [1.807, 2.05) is 12.1 Å². The molecular weight excluding hydrogens is 470 g/mol. The van der Waals surface area contributed by atoms with Crippen LogP contribution in [0.4, 0.5) is 4.39 Å². The van der Waals surface area contributed by atoms with Crippen LogP contribution in [0.25, 0.3) is 0 Å². The van der Waals surface area contributed by atoms with Gasteiger partial charge in [0.25, 0.3) is 0 Å². The van der Waals surface area contributed by atoms with E-state index >= 15 is 0 Å². The van der Waals surface area contributed by atoms with Crippen molar-refractivity contribution in [3.8, 4) is 0 Å². The van der Waals surface area contributed by atoms with E-state index in [2.05, 4.69) is 5.32 Å². The van der Waals surface area contributed by atoms with E-state index in [0.717, 1.165) is 31.2 Å². The molecule has 3 rings (SSSR count). The van der Waals surface area contributed by atoms with Crippen molar-refractivity contribution in [2.45, 2.75) is 57.0 Å². The molecule has 8 heteroatoms. The minimum atomic E-state index is -0.628. The summed E-state index contributed by atoms with van der Waals surface area (Å²) < 4.78 is 14.0. The fourth-order valence-electron chi connectivity index (χ4n) is 3.75. The molecule has 2 aromatic rings. The first-order chi connectivity index (χ1) is 15.3. The maximum atomic E-state index is 14.0. The Hall–Kier alpha value is -1.76. The average Bonchev–Trinajstić information content (AvgIpc) is 3.27. The monoisotopic (exact) mass is 496 g/mol. The normalized spacial score (nSPS) is 14.9. The third-order valence-corrected chi connectivity index (χ3v) is 7.22. The first-order valence-corrected chi connectivity index (χ1v) is 12.6. The highest BCUT2D eigenvalue weighted by Crippen LogP contribution is 2.25. The first kappa shape index (κ1) is 24.9. The van der Waals surface area contributed by atoms with Crippen molar-refractivity contribution in [1.29, 1.82) is 0 Å². The molecule has 1 N–H and O–H groups in total. The van der Waals surface area contributed by atoms with Crippen LogP contribution in [-0.2, 0) is 21.9 Å². The third kappa shape index (κ3) is 6.87. The number of benzene rings is 2. The van der Waals surface area contributed by atoms with Gasteiger partial charge in [-0.2, -0.15) is 0 Å². The van der Waals surface area contributed by atoms with Gasteiger partial charge in [-0.3, -0.25) is 9.59 Å². The van der Waals surface area contributed by atoms with Gasteiger partial charge in [-0.15, -0.1) is 11.8 Å². The highest BCUT2D eigenvalue weighted by molar-refractivity contribution is 7.99. The number of thioether (sulfide) groups is 1. The topological polar surface area (TPSA) is 49.4 Å². The third-order valence-electron chi connectivity index (χ3n) is 5.67. The first-order valence-electron chi connectivity index (χ1n) is 10.7. The van der Waals surface area contributed by atoms with E-state index in [4.69, 9.17) is 23.2 Å². The Balaban J connectivity index is 1.67. The largest absolute Gasteiger partial charge is 0.352 e. The zero-order chi connectivity index (χ0) is 23.1. The van der Waals surface area contributed by atoms with E-state index in [1.54, 1.807) is 36.1 Å². The fourth-order valence-corrected chi connectivity index (χ4v) is 5.13. The molecule has 32 heavy (non-hydrogen) atoms. The van der Waals surface area contributed by atoms with E-state index in [-0.39, 0.29) is 41.7 Å². The van der Waals surface area contributed by atoms with Gasteiger partial charge < -0.3 is 10.2 Å². The van der Waals surface area contributed by atoms with Gasteiger partial charge >= 0.3 is 0 Å². The molecule has 1 aliphatic rings. The summed E-state index contributed by atoms with van der Waals surface area (Å²) >= 11 is 13.3. The maximum absolute atomic E-state index is 14.0. The minimum Gasteiger partial charge on any atom is -0.352 e. The molecule has 1 atom stereocenters. The Kier molecular flexibility index (Phi) is 9.26. The predicted molar refractivity (Wildman–Crippen MR) is 129 cm³/mol. The molecule has 1 saturated carbocycles. The molecule has 0 aliphatic heterocycles. The number of nitrogens with zero attached hydrogens (tertiary/aromatic N) is 1. The molecule has 0 saturated heterocycles. The minimum absolute atomic E-state index is 0.110. The zero-order valence-electron chi connectivity index (χ0n) is 18.0. The van der Waals surface area contributed by atoms with Crippen LogP contribution in [0, 0.1) is 5.82 Å². The quantitative estimate of drug-likeness (QED) is 0.474. The second kappa shape index (κ2) is 11.9. The molecule has 2 aromatic carbocycles. The standard InChI is InChI=1S/C24H27Cl2FN2O2S/c1-16(24(31)28-19-5-2-3-6-19)29(13-17-9-11-18(25)12-10-17)23(30)15-32-14-20-21(26)7-4-8-22(20)27/h4,7-12,16,19H,2-3,5-6,13-15H2,1H3,(H,28,31)/t16-/m1/s1. The van der Waals surface area contributed by atoms with Gasteiger partial charge in [-0.1, -0.05) is 54.2 Å². The van der Waals surface area contributed by atoms with Crippen molar-refractivity contribution in [2.24, 2.45) is 0 Å². The Morgan fingerprint density at radius 1 is 1.16 bits per heavy atom. The zero-order valence-corrected chi connectivity index (χ0v) is 20.3. The van der Waals surface area contributed by atoms with Crippen molar-refractivity contribution < 1.29 is 14.0 Å².